The Bertz CT molecular complexity index is 524. The molecule has 0 saturated carbocycles. The molecule has 0 aliphatic carbocycles. The van der Waals surface area contributed by atoms with Crippen molar-refractivity contribution in [2.24, 2.45) is 0 Å². The smallest absolute Gasteiger partial charge is 0.119 e. The highest BCUT2D eigenvalue weighted by atomic mass is 32.1. The maximum Gasteiger partial charge on any atom is 0.119 e. The molecule has 0 aliphatic heterocycles. The van der Waals surface area contributed by atoms with Gasteiger partial charge in [0.2, 0.25) is 0 Å². The number of anilines is 1. The molecular weight excluding hydrogens is 302 g/mol. The quantitative estimate of drug-likeness (QED) is 0.373. The fourth-order valence-electron chi connectivity index (χ4n) is 2.47. The van der Waals surface area contributed by atoms with Crippen LogP contribution in [0.15, 0.2) is 53.7 Å². The molecule has 2 rings (SSSR count). The van der Waals surface area contributed by atoms with E-state index >= 15 is 0 Å². The first-order valence-corrected chi connectivity index (χ1v) is 9.31. The van der Waals surface area contributed by atoms with Gasteiger partial charge in [0.05, 0.1) is 6.61 Å². The second kappa shape index (κ2) is 10.9. The highest BCUT2D eigenvalue weighted by molar-refractivity contribution is 7.08. The molecule has 1 radical (unpaired) electrons. The maximum atomic E-state index is 5.71. The molecule has 0 fully saturated rings. The van der Waals surface area contributed by atoms with Crippen LogP contribution in [0.25, 0.3) is 0 Å². The minimum absolute atomic E-state index is 0.800. The topological polar surface area (TPSA) is 12.5 Å². The van der Waals surface area contributed by atoms with Crippen LogP contribution in [0.1, 0.15) is 32.1 Å². The summed E-state index contributed by atoms with van der Waals surface area (Å²) in [5.74, 6) is 0.941. The molecule has 2 nitrogen and oxygen atoms in total. The first-order chi connectivity index (χ1) is 11.4. The lowest BCUT2D eigenvalue weighted by Crippen LogP contribution is -2.24. The Kier molecular flexibility index (Phi) is 8.35. The Morgan fingerprint density at radius 1 is 1.09 bits per heavy atom. The molecule has 0 spiro atoms. The Balaban J connectivity index is 1.57. The zero-order valence-electron chi connectivity index (χ0n) is 13.7. The molecule has 3 heteroatoms. The summed E-state index contributed by atoms with van der Waals surface area (Å²) in [7, 11) is 0. The van der Waals surface area contributed by atoms with E-state index in [1.165, 1.54) is 24.9 Å². The van der Waals surface area contributed by atoms with E-state index in [1.807, 2.05) is 30.3 Å². The van der Waals surface area contributed by atoms with Crippen LogP contribution >= 0.6 is 11.3 Å². The maximum absolute atomic E-state index is 5.71. The van der Waals surface area contributed by atoms with Gasteiger partial charge in [-0.3, -0.25) is 0 Å². The van der Waals surface area contributed by atoms with Crippen molar-refractivity contribution in [3.63, 3.8) is 0 Å². The van der Waals surface area contributed by atoms with Gasteiger partial charge >= 0.3 is 0 Å². The van der Waals surface area contributed by atoms with E-state index in [-0.39, 0.29) is 0 Å². The normalized spacial score (nSPS) is 10.4. The van der Waals surface area contributed by atoms with Crippen LogP contribution in [-0.2, 0) is 0 Å². The van der Waals surface area contributed by atoms with Crippen molar-refractivity contribution in [3.8, 4) is 5.75 Å². The van der Waals surface area contributed by atoms with Gasteiger partial charge in [0.25, 0.3) is 0 Å². The van der Waals surface area contributed by atoms with Crippen molar-refractivity contribution >= 4 is 17.0 Å². The molecule has 2 aromatic rings. The first-order valence-electron chi connectivity index (χ1n) is 8.37. The minimum Gasteiger partial charge on any atom is -0.494 e. The monoisotopic (exact) mass is 328 g/mol. The van der Waals surface area contributed by atoms with E-state index in [4.69, 9.17) is 4.74 Å². The van der Waals surface area contributed by atoms with Gasteiger partial charge < -0.3 is 9.64 Å². The number of nitrogens with zero attached hydrogens (tertiary/aromatic N) is 1. The second-order valence-electron chi connectivity index (χ2n) is 5.54. The molecule has 0 unspecified atom stereocenters. The van der Waals surface area contributed by atoms with Crippen molar-refractivity contribution < 1.29 is 4.74 Å². The zero-order valence-corrected chi connectivity index (χ0v) is 14.6. The molecule has 0 bridgehead atoms. The van der Waals surface area contributed by atoms with E-state index < -0.39 is 0 Å². The van der Waals surface area contributed by atoms with Crippen LogP contribution in [0.2, 0.25) is 0 Å². The summed E-state index contributed by atoms with van der Waals surface area (Å²) in [6.45, 7) is 6.82. The SMILES string of the molecule is C=CCCN(CCCCCCOc1cc[c]cc1)c1ccsc1. The predicted octanol–water partition coefficient (Wildman–Crippen LogP) is 5.57. The molecule has 0 saturated heterocycles. The van der Waals surface area contributed by atoms with Crippen LogP contribution in [0.4, 0.5) is 5.69 Å². The summed E-state index contributed by atoms with van der Waals surface area (Å²) in [5.41, 5.74) is 1.35. The number of rotatable bonds is 12. The van der Waals surface area contributed by atoms with Crippen molar-refractivity contribution in [3.05, 3.63) is 59.8 Å². The summed E-state index contributed by atoms with van der Waals surface area (Å²) in [5, 5.41) is 4.38. The van der Waals surface area contributed by atoms with Crippen molar-refractivity contribution in [2.45, 2.75) is 32.1 Å². The number of ether oxygens (including phenoxy) is 1. The van der Waals surface area contributed by atoms with Crippen LogP contribution in [0.5, 0.6) is 5.75 Å². The Morgan fingerprint density at radius 3 is 2.65 bits per heavy atom. The minimum atomic E-state index is 0.800. The molecule has 0 atom stereocenters. The Labute approximate surface area is 144 Å². The van der Waals surface area contributed by atoms with Gasteiger partial charge in [0.1, 0.15) is 5.75 Å². The Morgan fingerprint density at radius 2 is 1.91 bits per heavy atom. The predicted molar refractivity (Wildman–Crippen MR) is 101 cm³/mol. The third-order valence-electron chi connectivity index (χ3n) is 3.75. The third kappa shape index (κ3) is 6.91. The molecule has 0 N–H and O–H groups in total. The highest BCUT2D eigenvalue weighted by Gasteiger charge is 2.05. The Hall–Kier alpha value is -1.74. The standard InChI is InChI=1S/C20H26NOS/c1-2-3-14-21(19-13-17-23-18-19)15-9-4-5-10-16-22-20-11-7-6-8-12-20/h2,7-8,11-13,17-18H,1,3-5,9-10,14-16H2. The fraction of sp³-hybridized carbons (Fsp3) is 0.400. The van der Waals surface area contributed by atoms with Gasteiger partial charge in [-0.25, -0.2) is 0 Å². The van der Waals surface area contributed by atoms with Crippen LogP contribution in [0, 0.1) is 6.07 Å². The summed E-state index contributed by atoms with van der Waals surface area (Å²) in [6, 6.07) is 12.9. The van der Waals surface area contributed by atoms with Crippen molar-refractivity contribution in [2.75, 3.05) is 24.6 Å². The molecule has 0 amide bonds. The summed E-state index contributed by atoms with van der Waals surface area (Å²) >= 11 is 1.76. The summed E-state index contributed by atoms with van der Waals surface area (Å²) in [6.07, 6.45) is 7.85. The van der Waals surface area contributed by atoms with Gasteiger partial charge in [-0.05, 0) is 48.9 Å². The van der Waals surface area contributed by atoms with E-state index in [2.05, 4.69) is 34.4 Å². The van der Waals surface area contributed by atoms with Gasteiger partial charge in [0, 0.05) is 24.2 Å². The van der Waals surface area contributed by atoms with Crippen LogP contribution < -0.4 is 9.64 Å². The number of benzene rings is 1. The lowest BCUT2D eigenvalue weighted by Gasteiger charge is -2.23. The number of thiophene rings is 1. The molecule has 0 aliphatic rings. The molecule has 1 aromatic heterocycles. The molecule has 1 aromatic carbocycles. The molecule has 1 heterocycles. The second-order valence-corrected chi connectivity index (χ2v) is 6.32. The highest BCUT2D eigenvalue weighted by Crippen LogP contribution is 2.19. The zero-order chi connectivity index (χ0) is 16.2. The van der Waals surface area contributed by atoms with Gasteiger partial charge in [-0.1, -0.05) is 31.1 Å². The molecule has 23 heavy (non-hydrogen) atoms. The molecule has 123 valence electrons. The van der Waals surface area contributed by atoms with Crippen LogP contribution in [-0.4, -0.2) is 19.7 Å². The summed E-state index contributed by atoms with van der Waals surface area (Å²) < 4.78 is 5.71. The van der Waals surface area contributed by atoms with Gasteiger partial charge in [-0.15, -0.1) is 6.58 Å². The van der Waals surface area contributed by atoms with Crippen LogP contribution in [0.3, 0.4) is 0 Å². The number of hydrogen-bond donors (Lipinski definition) is 0. The molecular formula is C20H26NOS. The summed E-state index contributed by atoms with van der Waals surface area (Å²) in [4.78, 5) is 2.47. The fourth-order valence-corrected chi connectivity index (χ4v) is 3.13. The largest absolute Gasteiger partial charge is 0.494 e. The van der Waals surface area contributed by atoms with Gasteiger partial charge in [-0.2, -0.15) is 11.3 Å². The lowest BCUT2D eigenvalue weighted by molar-refractivity contribution is 0.304. The van der Waals surface area contributed by atoms with Crippen molar-refractivity contribution in [1.82, 2.24) is 0 Å². The number of hydrogen-bond acceptors (Lipinski definition) is 3. The van der Waals surface area contributed by atoms with E-state index in [0.29, 0.717) is 0 Å². The van der Waals surface area contributed by atoms with E-state index in [1.54, 1.807) is 11.3 Å². The third-order valence-corrected chi connectivity index (χ3v) is 4.42. The number of unbranched alkanes of at least 4 members (excludes halogenated alkanes) is 3. The average molecular weight is 329 g/mol. The first kappa shape index (κ1) is 17.6. The van der Waals surface area contributed by atoms with Gasteiger partial charge in [0.15, 0.2) is 0 Å². The van der Waals surface area contributed by atoms with E-state index in [0.717, 1.165) is 38.3 Å². The van der Waals surface area contributed by atoms with E-state index in [9.17, 15) is 0 Å². The van der Waals surface area contributed by atoms with Crippen molar-refractivity contribution in [1.29, 1.82) is 0 Å². The average Bonchev–Trinajstić information content (AvgIpc) is 3.12. The lowest BCUT2D eigenvalue weighted by atomic mass is 10.2.